The number of halogens is 2. The van der Waals surface area contributed by atoms with Crippen molar-refractivity contribution < 1.29 is 8.78 Å². The molecule has 2 N–H and O–H groups in total. The van der Waals surface area contributed by atoms with Crippen molar-refractivity contribution >= 4 is 0 Å². The highest BCUT2D eigenvalue weighted by molar-refractivity contribution is 5.21. The van der Waals surface area contributed by atoms with Gasteiger partial charge in [0.2, 0.25) is 0 Å². The SMILES string of the molecule is NC1C(F)=CC=CC1F. The lowest BCUT2D eigenvalue weighted by Crippen LogP contribution is -2.32. The van der Waals surface area contributed by atoms with E-state index in [9.17, 15) is 8.78 Å². The fourth-order valence-corrected chi connectivity index (χ4v) is 0.637. The quantitative estimate of drug-likeness (QED) is 0.523. The molecule has 0 heterocycles. The highest BCUT2D eigenvalue weighted by Gasteiger charge is 2.20. The summed E-state index contributed by atoms with van der Waals surface area (Å²) in [7, 11) is 0. The van der Waals surface area contributed by atoms with Crippen molar-refractivity contribution in [3.8, 4) is 0 Å². The number of rotatable bonds is 0. The van der Waals surface area contributed by atoms with E-state index in [0.717, 1.165) is 0 Å². The van der Waals surface area contributed by atoms with E-state index in [2.05, 4.69) is 0 Å². The van der Waals surface area contributed by atoms with E-state index in [4.69, 9.17) is 5.73 Å². The maximum Gasteiger partial charge on any atom is 0.140 e. The lowest BCUT2D eigenvalue weighted by molar-refractivity contribution is 0.331. The van der Waals surface area contributed by atoms with E-state index < -0.39 is 18.0 Å². The van der Waals surface area contributed by atoms with Gasteiger partial charge in [0.25, 0.3) is 0 Å². The summed E-state index contributed by atoms with van der Waals surface area (Å²) in [5, 5.41) is 0. The third-order valence-corrected chi connectivity index (χ3v) is 1.21. The molecule has 2 unspecified atom stereocenters. The molecule has 1 rings (SSSR count). The Morgan fingerprint density at radius 2 is 2.22 bits per heavy atom. The molecule has 0 aliphatic heterocycles. The zero-order valence-corrected chi connectivity index (χ0v) is 4.72. The Hall–Kier alpha value is -0.700. The average molecular weight is 131 g/mol. The lowest BCUT2D eigenvalue weighted by atomic mass is 10.1. The smallest absolute Gasteiger partial charge is 0.140 e. The molecule has 0 amide bonds. The van der Waals surface area contributed by atoms with Gasteiger partial charge in [-0.05, 0) is 12.2 Å². The average Bonchev–Trinajstić information content (AvgIpc) is 1.83. The molecule has 50 valence electrons. The number of hydrogen-bond acceptors (Lipinski definition) is 1. The molecule has 3 heteroatoms. The molecule has 0 bridgehead atoms. The Bertz CT molecular complexity index is 162. The Balaban J connectivity index is 2.73. The number of nitrogens with two attached hydrogens (primary N) is 1. The molecule has 9 heavy (non-hydrogen) atoms. The fraction of sp³-hybridized carbons (Fsp3) is 0.333. The van der Waals surface area contributed by atoms with Crippen molar-refractivity contribution in [3.63, 3.8) is 0 Å². The van der Waals surface area contributed by atoms with Crippen LogP contribution in [0.25, 0.3) is 0 Å². The van der Waals surface area contributed by atoms with Crippen molar-refractivity contribution in [1.29, 1.82) is 0 Å². The third kappa shape index (κ3) is 1.16. The van der Waals surface area contributed by atoms with E-state index in [-0.39, 0.29) is 0 Å². The molecule has 0 saturated heterocycles. The summed E-state index contributed by atoms with van der Waals surface area (Å²) in [6.45, 7) is 0. The van der Waals surface area contributed by atoms with Crippen LogP contribution < -0.4 is 5.73 Å². The minimum Gasteiger partial charge on any atom is -0.319 e. The predicted molar refractivity (Wildman–Crippen MR) is 31.2 cm³/mol. The van der Waals surface area contributed by atoms with Gasteiger partial charge < -0.3 is 5.73 Å². The van der Waals surface area contributed by atoms with Crippen LogP contribution in [0.4, 0.5) is 8.78 Å². The third-order valence-electron chi connectivity index (χ3n) is 1.21. The molecule has 0 spiro atoms. The van der Waals surface area contributed by atoms with Crippen LogP contribution in [-0.4, -0.2) is 12.2 Å². The normalized spacial score (nSPS) is 34.3. The van der Waals surface area contributed by atoms with Crippen LogP contribution in [0.3, 0.4) is 0 Å². The van der Waals surface area contributed by atoms with E-state index in [1.165, 1.54) is 18.2 Å². The predicted octanol–water partition coefficient (Wildman–Crippen LogP) is 1.08. The first-order chi connectivity index (χ1) is 4.22. The second-order valence-corrected chi connectivity index (χ2v) is 1.91. The van der Waals surface area contributed by atoms with Crippen LogP contribution in [0.2, 0.25) is 0 Å². The zero-order chi connectivity index (χ0) is 6.85. The van der Waals surface area contributed by atoms with Gasteiger partial charge in [0.1, 0.15) is 12.0 Å². The Morgan fingerprint density at radius 1 is 1.56 bits per heavy atom. The first-order valence-corrected chi connectivity index (χ1v) is 2.65. The molecular formula is C6H7F2N. The summed E-state index contributed by atoms with van der Waals surface area (Å²) >= 11 is 0. The molecule has 0 fully saturated rings. The molecule has 1 nitrogen and oxygen atoms in total. The first-order valence-electron chi connectivity index (χ1n) is 2.65. The van der Waals surface area contributed by atoms with Gasteiger partial charge in [-0.15, -0.1) is 0 Å². The van der Waals surface area contributed by atoms with E-state index in [0.29, 0.717) is 0 Å². The fourth-order valence-electron chi connectivity index (χ4n) is 0.637. The number of hydrogen-bond donors (Lipinski definition) is 1. The van der Waals surface area contributed by atoms with Crippen molar-refractivity contribution in [2.45, 2.75) is 12.2 Å². The van der Waals surface area contributed by atoms with Crippen LogP contribution in [0.5, 0.6) is 0 Å². The van der Waals surface area contributed by atoms with Crippen LogP contribution in [0.1, 0.15) is 0 Å². The van der Waals surface area contributed by atoms with Gasteiger partial charge in [0.05, 0.1) is 6.04 Å². The molecule has 1 aliphatic rings. The summed E-state index contributed by atoms with van der Waals surface area (Å²) in [4.78, 5) is 0. The highest BCUT2D eigenvalue weighted by Crippen LogP contribution is 2.14. The molecule has 0 radical (unpaired) electrons. The molecule has 0 saturated carbocycles. The highest BCUT2D eigenvalue weighted by atomic mass is 19.1. The second kappa shape index (κ2) is 2.27. The lowest BCUT2D eigenvalue weighted by Gasteiger charge is -2.13. The summed E-state index contributed by atoms with van der Waals surface area (Å²) < 4.78 is 24.6. The molecule has 0 aromatic rings. The minimum absolute atomic E-state index is 0.593. The Morgan fingerprint density at radius 3 is 2.67 bits per heavy atom. The summed E-state index contributed by atoms with van der Waals surface area (Å²) in [5.41, 5.74) is 5.05. The standard InChI is InChI=1S/C6H7F2N/c7-4-2-1-3-5(8)6(4)9/h1-4,6H,9H2. The maximum absolute atomic E-state index is 12.3. The van der Waals surface area contributed by atoms with Crippen molar-refractivity contribution in [1.82, 2.24) is 0 Å². The summed E-state index contributed by atoms with van der Waals surface area (Å²) in [6, 6.07) is -1.09. The van der Waals surface area contributed by atoms with E-state index in [1.54, 1.807) is 0 Å². The number of alkyl halides is 1. The first kappa shape index (κ1) is 6.42. The van der Waals surface area contributed by atoms with Gasteiger partial charge >= 0.3 is 0 Å². The zero-order valence-electron chi connectivity index (χ0n) is 4.72. The van der Waals surface area contributed by atoms with Crippen LogP contribution in [0.15, 0.2) is 24.1 Å². The molecule has 2 atom stereocenters. The van der Waals surface area contributed by atoms with Gasteiger partial charge in [-0.25, -0.2) is 8.78 Å². The van der Waals surface area contributed by atoms with Gasteiger partial charge in [-0.3, -0.25) is 0 Å². The second-order valence-electron chi connectivity index (χ2n) is 1.91. The Kier molecular flexibility index (Phi) is 1.62. The molecule has 0 aromatic heterocycles. The molecular weight excluding hydrogens is 124 g/mol. The monoisotopic (exact) mass is 131 g/mol. The summed E-state index contributed by atoms with van der Waals surface area (Å²) in [6.07, 6.45) is 2.35. The van der Waals surface area contributed by atoms with Gasteiger partial charge in [-0.1, -0.05) is 6.08 Å². The van der Waals surface area contributed by atoms with Crippen LogP contribution in [-0.2, 0) is 0 Å². The minimum atomic E-state index is -1.37. The van der Waals surface area contributed by atoms with Crippen molar-refractivity contribution in [3.05, 3.63) is 24.1 Å². The van der Waals surface area contributed by atoms with Crippen LogP contribution >= 0.6 is 0 Å². The van der Waals surface area contributed by atoms with Crippen LogP contribution in [0, 0.1) is 0 Å². The molecule has 0 aromatic carbocycles. The van der Waals surface area contributed by atoms with E-state index in [1.807, 2.05) is 0 Å². The maximum atomic E-state index is 12.3. The van der Waals surface area contributed by atoms with Gasteiger partial charge in [-0.2, -0.15) is 0 Å². The molecule has 1 aliphatic carbocycles. The topological polar surface area (TPSA) is 26.0 Å². The largest absolute Gasteiger partial charge is 0.319 e. The van der Waals surface area contributed by atoms with Gasteiger partial charge in [0.15, 0.2) is 0 Å². The summed E-state index contributed by atoms with van der Waals surface area (Å²) in [5.74, 6) is -0.593. The van der Waals surface area contributed by atoms with Crippen molar-refractivity contribution in [2.24, 2.45) is 5.73 Å². The number of allylic oxidation sites excluding steroid dienone is 2. The Labute approximate surface area is 51.8 Å². The van der Waals surface area contributed by atoms with Crippen molar-refractivity contribution in [2.75, 3.05) is 0 Å². The van der Waals surface area contributed by atoms with E-state index >= 15 is 0 Å². The van der Waals surface area contributed by atoms with Gasteiger partial charge in [0, 0.05) is 0 Å².